The van der Waals surface area contributed by atoms with Crippen LogP contribution >= 0.6 is 25.3 Å². The Morgan fingerprint density at radius 3 is 2.56 bits per heavy atom. The summed E-state index contributed by atoms with van der Waals surface area (Å²) in [6.07, 6.45) is 0. The van der Waals surface area contributed by atoms with Crippen LogP contribution in [0.4, 0.5) is 11.4 Å². The van der Waals surface area contributed by atoms with Crippen LogP contribution in [0.2, 0.25) is 0 Å². The van der Waals surface area contributed by atoms with E-state index in [9.17, 15) is 5.11 Å². The van der Waals surface area contributed by atoms with Gasteiger partial charge in [0.15, 0.2) is 5.75 Å². The van der Waals surface area contributed by atoms with E-state index in [0.29, 0.717) is 21.7 Å². The zero-order valence-corrected chi connectivity index (χ0v) is 10.1. The molecule has 0 atom stereocenters. The minimum Gasteiger partial charge on any atom is -0.505 e. The summed E-state index contributed by atoms with van der Waals surface area (Å²) in [5, 5.41) is 11.3. The molecular formula is C11H10N2OS2. The Labute approximate surface area is 104 Å². The maximum Gasteiger partial charge on any atom is 0.152 e. The standard InChI is InChI=1S/C11H10N2OS2/c1-13-10-8(16)3-5-2-6(15)4-7(12)9(5)11(10)14/h2-4,14-16H,1,12H2. The van der Waals surface area contributed by atoms with Crippen LogP contribution in [0.5, 0.6) is 5.75 Å². The van der Waals surface area contributed by atoms with Crippen LogP contribution < -0.4 is 5.73 Å². The van der Waals surface area contributed by atoms with E-state index in [0.717, 1.165) is 10.3 Å². The van der Waals surface area contributed by atoms with Gasteiger partial charge in [0.1, 0.15) is 5.69 Å². The lowest BCUT2D eigenvalue weighted by atomic mass is 10.1. The molecule has 0 radical (unpaired) electrons. The number of thiol groups is 2. The van der Waals surface area contributed by atoms with Gasteiger partial charge in [-0.1, -0.05) is 0 Å². The molecule has 0 aliphatic carbocycles. The molecule has 0 unspecified atom stereocenters. The van der Waals surface area contributed by atoms with Gasteiger partial charge in [0.25, 0.3) is 0 Å². The predicted octanol–water partition coefficient (Wildman–Crippen LogP) is 3.04. The number of aliphatic imine (C=N–C) groups is 1. The van der Waals surface area contributed by atoms with E-state index in [4.69, 9.17) is 5.73 Å². The van der Waals surface area contributed by atoms with Crippen molar-refractivity contribution >= 4 is 54.1 Å². The van der Waals surface area contributed by atoms with Crippen LogP contribution in [0.3, 0.4) is 0 Å². The molecule has 0 saturated heterocycles. The van der Waals surface area contributed by atoms with Crippen LogP contribution in [-0.2, 0) is 0 Å². The molecular weight excluding hydrogens is 240 g/mol. The molecule has 2 rings (SSSR count). The maximum atomic E-state index is 10.0. The SMILES string of the molecule is C=Nc1c(S)cc2cc(S)cc(N)c2c1O. The van der Waals surface area contributed by atoms with Crippen molar-refractivity contribution in [1.29, 1.82) is 0 Å². The Hall–Kier alpha value is -1.33. The van der Waals surface area contributed by atoms with Crippen molar-refractivity contribution in [3.05, 3.63) is 18.2 Å². The molecule has 0 saturated carbocycles. The van der Waals surface area contributed by atoms with E-state index < -0.39 is 0 Å². The quantitative estimate of drug-likeness (QED) is 0.357. The molecule has 82 valence electrons. The highest BCUT2D eigenvalue weighted by molar-refractivity contribution is 7.80. The average Bonchev–Trinajstić information content (AvgIpc) is 2.15. The summed E-state index contributed by atoms with van der Waals surface area (Å²) in [6, 6.07) is 5.26. The summed E-state index contributed by atoms with van der Waals surface area (Å²) >= 11 is 8.46. The monoisotopic (exact) mass is 250 g/mol. The Morgan fingerprint density at radius 2 is 1.94 bits per heavy atom. The Morgan fingerprint density at radius 1 is 1.25 bits per heavy atom. The molecule has 2 aromatic carbocycles. The van der Waals surface area contributed by atoms with Crippen LogP contribution in [0.25, 0.3) is 10.8 Å². The summed E-state index contributed by atoms with van der Waals surface area (Å²) in [7, 11) is 0. The first kappa shape index (κ1) is 11.2. The second-order valence-corrected chi connectivity index (χ2v) is 4.38. The molecule has 0 aliphatic rings. The summed E-state index contributed by atoms with van der Waals surface area (Å²) in [4.78, 5) is 5.02. The Bertz CT molecular complexity index is 596. The molecule has 2 aromatic rings. The number of fused-ring (bicyclic) bond motifs is 1. The zero-order chi connectivity index (χ0) is 11.9. The van der Waals surface area contributed by atoms with Gasteiger partial charge in [-0.05, 0) is 30.3 Å². The lowest BCUT2D eigenvalue weighted by Crippen LogP contribution is -1.89. The number of rotatable bonds is 1. The maximum absolute atomic E-state index is 10.0. The second-order valence-electron chi connectivity index (χ2n) is 3.38. The third-order valence-electron chi connectivity index (χ3n) is 2.34. The Kier molecular flexibility index (Phi) is 2.73. The molecule has 0 aliphatic heterocycles. The second kappa shape index (κ2) is 3.92. The molecule has 0 spiro atoms. The molecule has 16 heavy (non-hydrogen) atoms. The first-order chi connectivity index (χ1) is 7.54. The number of nitrogens with two attached hydrogens (primary N) is 1. The van der Waals surface area contributed by atoms with E-state index in [1.807, 2.05) is 0 Å². The lowest BCUT2D eigenvalue weighted by molar-refractivity contribution is 0.482. The van der Waals surface area contributed by atoms with Crippen LogP contribution in [0.1, 0.15) is 0 Å². The van der Waals surface area contributed by atoms with Gasteiger partial charge in [-0.3, -0.25) is 4.99 Å². The number of nitrogens with zero attached hydrogens (tertiary/aromatic N) is 1. The highest BCUT2D eigenvalue weighted by Gasteiger charge is 2.12. The number of anilines is 1. The molecule has 0 aromatic heterocycles. The van der Waals surface area contributed by atoms with Crippen molar-refractivity contribution in [3.8, 4) is 5.75 Å². The number of hydrogen-bond acceptors (Lipinski definition) is 5. The van der Waals surface area contributed by atoms with Crippen LogP contribution in [-0.4, -0.2) is 11.8 Å². The van der Waals surface area contributed by atoms with Crippen molar-refractivity contribution in [2.45, 2.75) is 9.79 Å². The fraction of sp³-hybridized carbons (Fsp3) is 0. The highest BCUT2D eigenvalue weighted by Crippen LogP contribution is 2.42. The third-order valence-corrected chi connectivity index (χ3v) is 2.94. The molecule has 3 nitrogen and oxygen atoms in total. The van der Waals surface area contributed by atoms with E-state index in [-0.39, 0.29) is 5.75 Å². The first-order valence-electron chi connectivity index (χ1n) is 4.48. The highest BCUT2D eigenvalue weighted by atomic mass is 32.1. The number of nitrogen functional groups attached to an aromatic ring is 1. The van der Waals surface area contributed by atoms with Gasteiger partial charge in [0.2, 0.25) is 0 Å². The summed E-state index contributed by atoms with van der Waals surface area (Å²) in [5.41, 5.74) is 6.63. The minimum atomic E-state index is 0.00309. The van der Waals surface area contributed by atoms with E-state index in [2.05, 4.69) is 37.0 Å². The summed E-state index contributed by atoms with van der Waals surface area (Å²) in [6.45, 7) is 3.39. The minimum absolute atomic E-state index is 0.00309. The van der Waals surface area contributed by atoms with E-state index >= 15 is 0 Å². The third kappa shape index (κ3) is 1.62. The van der Waals surface area contributed by atoms with Gasteiger partial charge in [-0.2, -0.15) is 0 Å². The van der Waals surface area contributed by atoms with Crippen molar-refractivity contribution in [2.75, 3.05) is 5.73 Å². The lowest BCUT2D eigenvalue weighted by Gasteiger charge is -2.10. The van der Waals surface area contributed by atoms with Gasteiger partial charge < -0.3 is 10.8 Å². The fourth-order valence-corrected chi connectivity index (χ4v) is 2.26. The smallest absolute Gasteiger partial charge is 0.152 e. The van der Waals surface area contributed by atoms with E-state index in [1.54, 1.807) is 18.2 Å². The summed E-state index contributed by atoms with van der Waals surface area (Å²) < 4.78 is 0. The molecule has 0 heterocycles. The van der Waals surface area contributed by atoms with Crippen molar-refractivity contribution in [2.24, 2.45) is 4.99 Å². The molecule has 0 amide bonds. The summed E-state index contributed by atoms with van der Waals surface area (Å²) in [5.74, 6) is 0.00309. The Balaban J connectivity index is 2.99. The van der Waals surface area contributed by atoms with Crippen LogP contribution in [0.15, 0.2) is 33.0 Å². The van der Waals surface area contributed by atoms with Crippen LogP contribution in [0, 0.1) is 0 Å². The first-order valence-corrected chi connectivity index (χ1v) is 5.38. The number of phenolic OH excluding ortho intramolecular Hbond substituents is 1. The topological polar surface area (TPSA) is 58.6 Å². The normalized spacial score (nSPS) is 10.6. The number of benzene rings is 2. The zero-order valence-electron chi connectivity index (χ0n) is 8.31. The molecule has 5 heteroatoms. The predicted molar refractivity (Wildman–Crippen MR) is 73.7 cm³/mol. The van der Waals surface area contributed by atoms with Gasteiger partial charge >= 0.3 is 0 Å². The fourth-order valence-electron chi connectivity index (χ4n) is 1.67. The number of phenols is 1. The van der Waals surface area contributed by atoms with Crippen molar-refractivity contribution in [1.82, 2.24) is 0 Å². The molecule has 0 fully saturated rings. The van der Waals surface area contributed by atoms with Crippen molar-refractivity contribution < 1.29 is 5.11 Å². The van der Waals surface area contributed by atoms with E-state index in [1.165, 1.54) is 0 Å². The molecule has 0 bridgehead atoms. The van der Waals surface area contributed by atoms with Gasteiger partial charge in [0, 0.05) is 20.9 Å². The largest absolute Gasteiger partial charge is 0.505 e. The van der Waals surface area contributed by atoms with Crippen molar-refractivity contribution in [3.63, 3.8) is 0 Å². The number of hydrogen-bond donors (Lipinski definition) is 4. The molecule has 3 N–H and O–H groups in total. The number of aromatic hydroxyl groups is 1. The van der Waals surface area contributed by atoms with Gasteiger partial charge in [-0.25, -0.2) is 0 Å². The average molecular weight is 250 g/mol. The van der Waals surface area contributed by atoms with Gasteiger partial charge in [0.05, 0.1) is 0 Å². The van der Waals surface area contributed by atoms with Gasteiger partial charge in [-0.15, -0.1) is 25.3 Å².